The van der Waals surface area contributed by atoms with Crippen LogP contribution in [0.25, 0.3) is 11.3 Å². The van der Waals surface area contributed by atoms with Crippen LogP contribution in [0.3, 0.4) is 0 Å². The van der Waals surface area contributed by atoms with E-state index in [0.717, 1.165) is 22.6 Å². The molecule has 0 fully saturated rings. The van der Waals surface area contributed by atoms with Crippen LogP contribution in [0.2, 0.25) is 5.02 Å². The third-order valence-corrected chi connectivity index (χ3v) is 4.29. The molecule has 122 valence electrons. The fourth-order valence-corrected chi connectivity index (χ4v) is 2.84. The second-order valence-electron chi connectivity index (χ2n) is 4.85. The molecule has 2 N–H and O–H groups in total. The Morgan fingerprint density at radius 3 is 2.75 bits per heavy atom. The third kappa shape index (κ3) is 3.84. The number of methoxy groups -OCH3 is 1. The van der Waals surface area contributed by atoms with Crippen molar-refractivity contribution >= 4 is 34.3 Å². The Morgan fingerprint density at radius 2 is 2.04 bits per heavy atom. The number of hydrogen-bond acceptors (Lipinski definition) is 6. The maximum absolute atomic E-state index is 9.38. The Labute approximate surface area is 148 Å². The van der Waals surface area contributed by atoms with Crippen LogP contribution >= 0.6 is 22.9 Å². The second kappa shape index (κ2) is 7.33. The van der Waals surface area contributed by atoms with Gasteiger partial charge in [0.25, 0.3) is 0 Å². The number of nitrogens with zero attached hydrogens (tertiary/aromatic N) is 2. The first-order valence-electron chi connectivity index (χ1n) is 7.03. The summed E-state index contributed by atoms with van der Waals surface area (Å²) < 4.78 is 5.15. The van der Waals surface area contributed by atoms with Crippen molar-refractivity contribution in [2.45, 2.75) is 0 Å². The summed E-state index contributed by atoms with van der Waals surface area (Å²) in [4.78, 5) is 4.49. The van der Waals surface area contributed by atoms with Gasteiger partial charge >= 0.3 is 0 Å². The molecule has 0 atom stereocenters. The summed E-state index contributed by atoms with van der Waals surface area (Å²) in [6.45, 7) is 0. The van der Waals surface area contributed by atoms with Gasteiger partial charge in [0, 0.05) is 10.9 Å². The predicted molar refractivity (Wildman–Crippen MR) is 98.4 cm³/mol. The molecule has 0 aliphatic carbocycles. The Morgan fingerprint density at radius 1 is 1.25 bits per heavy atom. The van der Waals surface area contributed by atoms with Crippen LogP contribution in [0.5, 0.6) is 11.5 Å². The van der Waals surface area contributed by atoms with E-state index in [1.54, 1.807) is 25.5 Å². The summed E-state index contributed by atoms with van der Waals surface area (Å²) in [5, 5.41) is 16.4. The number of aromatic nitrogens is 1. The number of hydrazone groups is 1. The van der Waals surface area contributed by atoms with E-state index in [4.69, 9.17) is 16.3 Å². The number of nitrogens with one attached hydrogen (secondary N) is 1. The van der Waals surface area contributed by atoms with Crippen molar-refractivity contribution in [3.05, 3.63) is 58.4 Å². The standard InChI is InChI=1S/C17H14ClN3O2S/c1-23-13-5-3-12(4-6-13)15-10-24-17(20-15)21-19-9-11-2-7-16(22)14(18)8-11/h2-10,22H,1H3,(H,20,21)/b19-9-. The van der Waals surface area contributed by atoms with Gasteiger partial charge in [-0.05, 0) is 48.0 Å². The number of phenolic OH excluding ortho intramolecular Hbond substituents is 1. The maximum Gasteiger partial charge on any atom is 0.203 e. The molecule has 3 rings (SSSR count). The molecular formula is C17H14ClN3O2S. The number of rotatable bonds is 5. The van der Waals surface area contributed by atoms with Crippen molar-refractivity contribution in [2.24, 2.45) is 5.10 Å². The van der Waals surface area contributed by atoms with Gasteiger partial charge in [-0.3, -0.25) is 5.43 Å². The molecule has 1 aromatic heterocycles. The van der Waals surface area contributed by atoms with Crippen molar-refractivity contribution in [3.8, 4) is 22.8 Å². The Hall–Kier alpha value is -2.57. The minimum atomic E-state index is 0.0471. The lowest BCUT2D eigenvalue weighted by molar-refractivity contribution is 0.415. The molecule has 0 spiro atoms. The number of ether oxygens (including phenoxy) is 1. The van der Waals surface area contributed by atoms with Gasteiger partial charge in [-0.2, -0.15) is 5.10 Å². The molecule has 0 saturated heterocycles. The van der Waals surface area contributed by atoms with Crippen LogP contribution in [0, 0.1) is 0 Å². The quantitative estimate of drug-likeness (QED) is 0.515. The van der Waals surface area contributed by atoms with E-state index in [9.17, 15) is 5.11 Å². The van der Waals surface area contributed by atoms with Crippen molar-refractivity contribution in [1.82, 2.24) is 4.98 Å². The highest BCUT2D eigenvalue weighted by molar-refractivity contribution is 7.14. The van der Waals surface area contributed by atoms with Crippen LogP contribution in [-0.4, -0.2) is 23.4 Å². The minimum absolute atomic E-state index is 0.0471. The monoisotopic (exact) mass is 359 g/mol. The van der Waals surface area contributed by atoms with E-state index in [0.29, 0.717) is 5.13 Å². The molecule has 0 unspecified atom stereocenters. The zero-order valence-corrected chi connectivity index (χ0v) is 14.3. The average molecular weight is 360 g/mol. The molecule has 24 heavy (non-hydrogen) atoms. The third-order valence-electron chi connectivity index (χ3n) is 3.24. The van der Waals surface area contributed by atoms with Gasteiger partial charge in [-0.25, -0.2) is 4.98 Å². The highest BCUT2D eigenvalue weighted by atomic mass is 35.5. The van der Waals surface area contributed by atoms with Crippen LogP contribution in [-0.2, 0) is 0 Å². The van der Waals surface area contributed by atoms with Crippen LogP contribution in [0.1, 0.15) is 5.56 Å². The first-order chi connectivity index (χ1) is 11.7. The molecule has 1 heterocycles. The highest BCUT2D eigenvalue weighted by Crippen LogP contribution is 2.26. The molecule has 0 saturated carbocycles. The van der Waals surface area contributed by atoms with Crippen LogP contribution in [0.4, 0.5) is 5.13 Å². The fraction of sp³-hybridized carbons (Fsp3) is 0.0588. The lowest BCUT2D eigenvalue weighted by Crippen LogP contribution is -1.90. The number of halogens is 1. The molecule has 2 aromatic carbocycles. The van der Waals surface area contributed by atoms with Crippen molar-refractivity contribution in [2.75, 3.05) is 12.5 Å². The van der Waals surface area contributed by atoms with E-state index in [-0.39, 0.29) is 10.8 Å². The Bertz CT molecular complexity index is 863. The van der Waals surface area contributed by atoms with Crippen molar-refractivity contribution < 1.29 is 9.84 Å². The van der Waals surface area contributed by atoms with Crippen molar-refractivity contribution in [3.63, 3.8) is 0 Å². The number of phenols is 1. The normalized spacial score (nSPS) is 10.9. The zero-order chi connectivity index (χ0) is 16.9. The lowest BCUT2D eigenvalue weighted by Gasteiger charge is -2.00. The highest BCUT2D eigenvalue weighted by Gasteiger charge is 2.04. The number of anilines is 1. The van der Waals surface area contributed by atoms with E-state index in [1.165, 1.54) is 17.4 Å². The largest absolute Gasteiger partial charge is 0.506 e. The van der Waals surface area contributed by atoms with Crippen LogP contribution in [0.15, 0.2) is 52.9 Å². The van der Waals surface area contributed by atoms with E-state index in [1.807, 2.05) is 29.6 Å². The molecule has 0 aliphatic heterocycles. The topological polar surface area (TPSA) is 66.7 Å². The van der Waals surface area contributed by atoms with E-state index in [2.05, 4.69) is 15.5 Å². The summed E-state index contributed by atoms with van der Waals surface area (Å²) in [6.07, 6.45) is 1.61. The molecule has 0 radical (unpaired) electrons. The van der Waals surface area contributed by atoms with Crippen molar-refractivity contribution in [1.29, 1.82) is 0 Å². The summed E-state index contributed by atoms with van der Waals surface area (Å²) in [7, 11) is 1.64. The molecule has 0 aliphatic rings. The molecule has 7 heteroatoms. The maximum atomic E-state index is 9.38. The second-order valence-corrected chi connectivity index (χ2v) is 6.11. The summed E-state index contributed by atoms with van der Waals surface area (Å²) in [6, 6.07) is 12.6. The average Bonchev–Trinajstić information content (AvgIpc) is 3.07. The number of benzene rings is 2. The number of aromatic hydroxyl groups is 1. The number of thiazole rings is 1. The minimum Gasteiger partial charge on any atom is -0.506 e. The summed E-state index contributed by atoms with van der Waals surface area (Å²) in [5.41, 5.74) is 5.54. The first-order valence-corrected chi connectivity index (χ1v) is 8.29. The predicted octanol–water partition coefficient (Wildman–Crippen LogP) is 4.62. The van der Waals surface area contributed by atoms with Gasteiger partial charge in [-0.15, -0.1) is 11.3 Å². The molecule has 0 amide bonds. The van der Waals surface area contributed by atoms with Gasteiger partial charge in [-0.1, -0.05) is 11.6 Å². The Kier molecular flexibility index (Phi) is 4.98. The smallest absolute Gasteiger partial charge is 0.203 e. The lowest BCUT2D eigenvalue weighted by atomic mass is 10.2. The van der Waals surface area contributed by atoms with Gasteiger partial charge in [0.05, 0.1) is 24.0 Å². The zero-order valence-electron chi connectivity index (χ0n) is 12.7. The van der Waals surface area contributed by atoms with Gasteiger partial charge < -0.3 is 9.84 Å². The number of hydrogen-bond donors (Lipinski definition) is 2. The first kappa shape index (κ1) is 16.3. The van der Waals surface area contributed by atoms with Gasteiger partial charge in [0.2, 0.25) is 5.13 Å². The van der Waals surface area contributed by atoms with Gasteiger partial charge in [0.1, 0.15) is 11.5 Å². The fourth-order valence-electron chi connectivity index (χ4n) is 1.98. The van der Waals surface area contributed by atoms with E-state index < -0.39 is 0 Å². The van der Waals surface area contributed by atoms with Gasteiger partial charge in [0.15, 0.2) is 0 Å². The summed E-state index contributed by atoms with van der Waals surface area (Å²) in [5.74, 6) is 0.857. The molecule has 0 bridgehead atoms. The molecular weight excluding hydrogens is 346 g/mol. The molecule has 5 nitrogen and oxygen atoms in total. The SMILES string of the molecule is COc1ccc(-c2csc(N/N=C\c3ccc(O)c(Cl)c3)n2)cc1. The summed E-state index contributed by atoms with van der Waals surface area (Å²) >= 11 is 7.31. The van der Waals surface area contributed by atoms with Crippen LogP contribution < -0.4 is 10.2 Å². The van der Waals surface area contributed by atoms with E-state index >= 15 is 0 Å². The molecule has 3 aromatic rings. The Balaban J connectivity index is 1.67.